The molecule has 0 spiro atoms. The average Bonchev–Trinajstić information content (AvgIpc) is 3.64. The van der Waals surface area contributed by atoms with Gasteiger partial charge in [-0.3, -0.25) is 57.7 Å². The third-order valence-electron chi connectivity index (χ3n) is 14.9. The highest BCUT2D eigenvalue weighted by Crippen LogP contribution is 2.22. The minimum atomic E-state index is -1.76. The zero-order valence-electron chi connectivity index (χ0n) is 48.9. The van der Waals surface area contributed by atoms with Crippen LogP contribution in [0.1, 0.15) is 82.5 Å². The number of primary amides is 1. The minimum Gasteiger partial charge on any atom is -0.508 e. The van der Waals surface area contributed by atoms with E-state index in [0.717, 1.165) is 4.90 Å². The van der Waals surface area contributed by atoms with E-state index in [1.54, 1.807) is 44.3 Å². The molecule has 0 saturated carbocycles. The number of imidazole rings is 1. The Kier molecular flexibility index (Phi) is 24.1. The Bertz CT molecular complexity index is 3130. The van der Waals surface area contributed by atoms with Crippen molar-refractivity contribution in [1.29, 1.82) is 0 Å². The highest BCUT2D eigenvalue weighted by molar-refractivity contribution is 5.99. The molecule has 2 aliphatic rings. The van der Waals surface area contributed by atoms with E-state index in [-0.39, 0.29) is 94.4 Å². The average molecular weight is 1210 g/mol. The summed E-state index contributed by atoms with van der Waals surface area (Å²) in [7, 11) is 1.28. The van der Waals surface area contributed by atoms with Crippen molar-refractivity contribution in [2.75, 3.05) is 33.3 Å². The number of nitrogens with one attached hydrogen (secondary N) is 10. The Balaban J connectivity index is 1.20. The molecule has 0 unspecified atom stereocenters. The number of hydrogen-bond donors (Lipinski definition) is 15. The van der Waals surface area contributed by atoms with Crippen LogP contribution in [0.25, 0.3) is 10.9 Å². The maximum atomic E-state index is 14.7. The second kappa shape index (κ2) is 31.5. The molecule has 2 fully saturated rings. The number of aliphatic hydroxyl groups is 1. The van der Waals surface area contributed by atoms with Crippen molar-refractivity contribution < 1.29 is 63.0 Å². The van der Waals surface area contributed by atoms with Gasteiger partial charge in [-0.25, -0.2) is 4.98 Å². The second-order valence-electron chi connectivity index (χ2n) is 22.0. The van der Waals surface area contributed by atoms with E-state index < -0.39 is 127 Å². The number of nitrogens with zero attached hydrogens (tertiary/aromatic N) is 4. The zero-order valence-corrected chi connectivity index (χ0v) is 48.9. The topological polar surface area (TPSA) is 466 Å². The number of H-pyrrole nitrogens is 2. The van der Waals surface area contributed by atoms with Crippen molar-refractivity contribution in [2.24, 2.45) is 28.1 Å². The van der Waals surface area contributed by atoms with Crippen LogP contribution >= 0.6 is 0 Å². The fraction of sp³-hybridized carbons (Fsp3) is 0.491. The van der Waals surface area contributed by atoms with E-state index in [4.69, 9.17) is 17.2 Å². The molecule has 0 radical (unpaired) electrons. The number of phenolic OH excluding ortho intramolecular Hbond substituents is 1. The first-order chi connectivity index (χ1) is 41.4. The van der Waals surface area contributed by atoms with Crippen LogP contribution in [0, 0.1) is 5.92 Å². The highest BCUT2D eigenvalue weighted by atomic mass is 16.3. The normalized spacial score (nSPS) is 17.0. The number of nitrogens with two attached hydrogens (primary N) is 3. The Morgan fingerprint density at radius 3 is 2.05 bits per heavy atom. The van der Waals surface area contributed by atoms with Crippen LogP contribution in [-0.4, -0.2) is 194 Å². The largest absolute Gasteiger partial charge is 0.508 e. The molecule has 2 saturated heterocycles. The van der Waals surface area contributed by atoms with Crippen molar-refractivity contribution in [3.8, 4) is 5.75 Å². The summed E-state index contributed by atoms with van der Waals surface area (Å²) in [5.41, 5.74) is 18.4. The predicted octanol–water partition coefficient (Wildman–Crippen LogP) is -3.66. The molecule has 0 bridgehead atoms. The van der Waals surface area contributed by atoms with E-state index in [1.807, 2.05) is 0 Å². The Morgan fingerprint density at radius 1 is 0.759 bits per heavy atom. The van der Waals surface area contributed by atoms with Crippen LogP contribution in [0.3, 0.4) is 0 Å². The zero-order chi connectivity index (χ0) is 63.5. The first-order valence-electron chi connectivity index (χ1n) is 28.6. The first-order valence-corrected chi connectivity index (χ1v) is 28.6. The summed E-state index contributed by atoms with van der Waals surface area (Å²) in [4.78, 5) is 167. The second-order valence-corrected chi connectivity index (χ2v) is 22.0. The number of benzene rings is 2. The number of carbonyl (C=O) groups is 11. The number of para-hydroxylation sites is 1. The number of carbonyl (C=O) groups excluding carboxylic acids is 11. The van der Waals surface area contributed by atoms with Crippen LogP contribution in [0.15, 0.2) is 72.2 Å². The monoisotopic (exact) mass is 1210 g/mol. The lowest BCUT2D eigenvalue weighted by molar-refractivity contribution is -0.143. The lowest BCUT2D eigenvalue weighted by Gasteiger charge is -2.32. The van der Waals surface area contributed by atoms with Crippen molar-refractivity contribution in [2.45, 2.75) is 139 Å². The van der Waals surface area contributed by atoms with Gasteiger partial charge in [0, 0.05) is 74.8 Å². The van der Waals surface area contributed by atoms with Gasteiger partial charge in [-0.05, 0) is 80.7 Å². The molecule has 6 rings (SSSR count). The van der Waals surface area contributed by atoms with Gasteiger partial charge in [0.25, 0.3) is 0 Å². The van der Waals surface area contributed by atoms with Crippen molar-refractivity contribution in [3.63, 3.8) is 0 Å². The smallest absolute Gasteiger partial charge is 0.245 e. The summed E-state index contributed by atoms with van der Waals surface area (Å²) in [5, 5.41) is 42.5. The molecular formula is C57H79N17O13. The Hall–Kier alpha value is -9.61. The third-order valence-corrected chi connectivity index (χ3v) is 14.9. The van der Waals surface area contributed by atoms with Crippen LogP contribution in [0.4, 0.5) is 0 Å². The van der Waals surface area contributed by atoms with Crippen LogP contribution < -0.4 is 59.7 Å². The van der Waals surface area contributed by atoms with Gasteiger partial charge in [-0.15, -0.1) is 0 Å². The predicted molar refractivity (Wildman–Crippen MR) is 314 cm³/mol. The minimum absolute atomic E-state index is 0.0132. The maximum Gasteiger partial charge on any atom is 0.245 e. The van der Waals surface area contributed by atoms with Crippen LogP contribution in [-0.2, 0) is 72.0 Å². The third kappa shape index (κ3) is 19.2. The number of likely N-dealkylation sites (tertiary alicyclic amines) is 1. The molecule has 4 aromatic rings. The van der Waals surface area contributed by atoms with Gasteiger partial charge in [-0.1, -0.05) is 44.2 Å². The van der Waals surface area contributed by atoms with Gasteiger partial charge >= 0.3 is 0 Å². The summed E-state index contributed by atoms with van der Waals surface area (Å²) in [6, 6.07) is 1.05. The molecule has 0 aliphatic carbocycles. The van der Waals surface area contributed by atoms with Crippen LogP contribution in [0.5, 0.6) is 5.75 Å². The summed E-state index contributed by atoms with van der Waals surface area (Å²) < 4.78 is 0. The highest BCUT2D eigenvalue weighted by Gasteiger charge is 2.40. The van der Waals surface area contributed by atoms with Gasteiger partial charge in [0.05, 0.1) is 19.5 Å². The van der Waals surface area contributed by atoms with Crippen molar-refractivity contribution >= 4 is 81.8 Å². The van der Waals surface area contributed by atoms with Crippen molar-refractivity contribution in [1.82, 2.24) is 67.3 Å². The SMILES string of the molecule is CC(C)C[C@H](NC(=O)[C@@H](C)N(C)C(=O)[C@H](Cc1ccc(O)cc1)NC(=O)[C@H](CO)NC(=O)[C@H](Cc1c[nH]c2ccccc12)NC(=O)[C@H](Cc1cnc[nH]1)NC(=O)[C@@H]1CCC(=O)N1)C(=O)N[C@@H](CCCN=C(N)N)C(=O)N1CCC[C@H]1C(=O)NCC(N)=O. The molecule has 2 aromatic heterocycles. The van der Waals surface area contributed by atoms with E-state index >= 15 is 0 Å². The number of hydrogen-bond acceptors (Lipinski definition) is 15. The number of rotatable bonds is 31. The van der Waals surface area contributed by atoms with E-state index in [1.165, 1.54) is 55.7 Å². The number of aromatic hydroxyl groups is 1. The number of phenols is 1. The van der Waals surface area contributed by atoms with Gasteiger partial charge in [0.15, 0.2) is 5.96 Å². The van der Waals surface area contributed by atoms with Crippen LogP contribution in [0.2, 0.25) is 0 Å². The van der Waals surface area contributed by atoms with E-state index in [9.17, 15) is 63.0 Å². The maximum absolute atomic E-state index is 14.7. The molecule has 9 atom stereocenters. The number of aromatic amines is 2. The number of amides is 11. The lowest BCUT2D eigenvalue weighted by atomic mass is 10.0. The summed E-state index contributed by atoms with van der Waals surface area (Å²) in [5.74, 6) is -8.73. The number of fused-ring (bicyclic) bond motifs is 1. The summed E-state index contributed by atoms with van der Waals surface area (Å²) >= 11 is 0. The van der Waals surface area contributed by atoms with E-state index in [2.05, 4.69) is 62.5 Å². The summed E-state index contributed by atoms with van der Waals surface area (Å²) in [6.07, 6.45) is 5.24. The fourth-order valence-corrected chi connectivity index (χ4v) is 10.2. The molecule has 2 aliphatic heterocycles. The number of aromatic nitrogens is 3. The Morgan fingerprint density at radius 2 is 1.40 bits per heavy atom. The quantitative estimate of drug-likeness (QED) is 0.0131. The molecule has 30 nitrogen and oxygen atoms in total. The van der Waals surface area contributed by atoms with E-state index in [0.29, 0.717) is 34.1 Å². The molecule has 18 N–H and O–H groups in total. The fourth-order valence-electron chi connectivity index (χ4n) is 10.2. The molecule has 4 heterocycles. The van der Waals surface area contributed by atoms with Gasteiger partial charge in [0.2, 0.25) is 65.0 Å². The molecule has 470 valence electrons. The molecule has 11 amide bonds. The molecular weight excluding hydrogens is 1130 g/mol. The van der Waals surface area contributed by atoms with Crippen molar-refractivity contribution in [3.05, 3.63) is 84.1 Å². The standard InChI is InChI=1S/C57H79N17O13/c1-30(2)21-40(50(81)67-39(11-7-19-62-57(59)60)56(87)74-20-8-12-45(74)54(85)64-27-46(58)77)68-48(79)31(3)73(4)55(86)43(22-32-13-15-35(76)16-14-32)71-53(84)44(28-75)72-51(82)41(23-33-25-63-37-10-6-5-9-36(33)37)69-52(83)42(24-34-26-61-29-65-34)70-49(80)38-17-18-47(78)66-38/h5-6,9-10,13-16,25-26,29-31,38-45,63,75-76H,7-8,11-12,17-24,27-28H2,1-4H3,(H2,58,77)(H,61,65)(H,64,85)(H,66,78)(H,67,81)(H,68,79)(H,69,83)(H,70,80)(H,71,84)(H,72,82)(H4,59,60,62)/t31-,38+,39+,40+,41+,42+,43+,44+,45+/m1/s1. The number of guanidine groups is 1. The lowest BCUT2D eigenvalue weighted by Crippen LogP contribution is -2.61. The summed E-state index contributed by atoms with van der Waals surface area (Å²) in [6.45, 7) is 3.76. The molecule has 30 heteroatoms. The number of aliphatic hydroxyl groups excluding tert-OH is 1. The van der Waals surface area contributed by atoms with Gasteiger partial charge in [-0.2, -0.15) is 0 Å². The number of likely N-dealkylation sites (N-methyl/N-ethyl adjacent to an activating group) is 1. The Labute approximate surface area is 501 Å². The van der Waals surface area contributed by atoms with Gasteiger partial charge < -0.3 is 89.7 Å². The molecule has 2 aromatic carbocycles. The number of aliphatic imine (C=N–C) groups is 1. The molecule has 87 heavy (non-hydrogen) atoms. The van der Waals surface area contributed by atoms with Gasteiger partial charge in [0.1, 0.15) is 60.1 Å². The first kappa shape index (κ1) is 66.5.